The lowest BCUT2D eigenvalue weighted by atomic mass is 10.0. The molecule has 1 aliphatic heterocycles. The molecule has 4 nitrogen and oxygen atoms in total. The molecule has 1 saturated heterocycles. The van der Waals surface area contributed by atoms with E-state index >= 15 is 0 Å². The summed E-state index contributed by atoms with van der Waals surface area (Å²) in [5, 5.41) is 4.28. The molecular formula is C18H21N3O. The van der Waals surface area contributed by atoms with Crippen molar-refractivity contribution >= 4 is 5.91 Å². The van der Waals surface area contributed by atoms with E-state index in [0.29, 0.717) is 11.9 Å². The topological polar surface area (TPSA) is 38.1 Å². The first-order chi connectivity index (χ1) is 10.8. The summed E-state index contributed by atoms with van der Waals surface area (Å²) in [5.41, 5.74) is 2.70. The van der Waals surface area contributed by atoms with Crippen molar-refractivity contribution in [2.75, 3.05) is 6.54 Å². The van der Waals surface area contributed by atoms with E-state index < -0.39 is 0 Å². The van der Waals surface area contributed by atoms with Crippen LogP contribution in [0.2, 0.25) is 0 Å². The summed E-state index contributed by atoms with van der Waals surface area (Å²) in [6.45, 7) is 1.72. The van der Waals surface area contributed by atoms with Crippen LogP contribution < -0.4 is 0 Å². The summed E-state index contributed by atoms with van der Waals surface area (Å²) in [7, 11) is 0. The SMILES string of the molecule is O=C(C1Cc2ccccc2C1)N1CCC[C@H]1Cn1cccn1. The van der Waals surface area contributed by atoms with E-state index in [-0.39, 0.29) is 5.92 Å². The summed E-state index contributed by atoms with van der Waals surface area (Å²) in [6, 6.07) is 10.7. The molecule has 0 unspecified atom stereocenters. The highest BCUT2D eigenvalue weighted by Crippen LogP contribution is 2.30. The predicted molar refractivity (Wildman–Crippen MR) is 84.3 cm³/mol. The molecule has 1 aromatic heterocycles. The van der Waals surface area contributed by atoms with Crippen LogP contribution in [0.25, 0.3) is 0 Å². The van der Waals surface area contributed by atoms with Gasteiger partial charge in [0.2, 0.25) is 5.91 Å². The number of likely N-dealkylation sites (tertiary alicyclic amines) is 1. The molecule has 0 saturated carbocycles. The van der Waals surface area contributed by atoms with Crippen molar-refractivity contribution in [3.63, 3.8) is 0 Å². The van der Waals surface area contributed by atoms with Crippen molar-refractivity contribution < 1.29 is 4.79 Å². The molecule has 1 aliphatic carbocycles. The van der Waals surface area contributed by atoms with Gasteiger partial charge in [-0.2, -0.15) is 5.10 Å². The van der Waals surface area contributed by atoms with Gasteiger partial charge in [-0.3, -0.25) is 9.48 Å². The summed E-state index contributed by atoms with van der Waals surface area (Å²) >= 11 is 0. The Kier molecular flexibility index (Phi) is 3.45. The van der Waals surface area contributed by atoms with E-state index in [1.54, 1.807) is 6.20 Å². The first-order valence-corrected chi connectivity index (χ1v) is 8.16. The smallest absolute Gasteiger partial charge is 0.226 e. The highest BCUT2D eigenvalue weighted by atomic mass is 16.2. The zero-order chi connectivity index (χ0) is 14.9. The molecular weight excluding hydrogens is 274 g/mol. The lowest BCUT2D eigenvalue weighted by Crippen LogP contribution is -2.42. The number of rotatable bonds is 3. The number of amides is 1. The summed E-state index contributed by atoms with van der Waals surface area (Å²) in [5.74, 6) is 0.474. The number of hydrogen-bond donors (Lipinski definition) is 0. The molecule has 0 spiro atoms. The van der Waals surface area contributed by atoms with Crippen LogP contribution in [0, 0.1) is 5.92 Å². The lowest BCUT2D eigenvalue weighted by Gasteiger charge is -2.27. The van der Waals surface area contributed by atoms with Crippen molar-refractivity contribution in [2.45, 2.75) is 38.3 Å². The Morgan fingerprint density at radius 2 is 1.95 bits per heavy atom. The van der Waals surface area contributed by atoms with Crippen LogP contribution in [0.4, 0.5) is 0 Å². The minimum Gasteiger partial charge on any atom is -0.338 e. The Labute approximate surface area is 130 Å². The van der Waals surface area contributed by atoms with Gasteiger partial charge in [-0.15, -0.1) is 0 Å². The van der Waals surface area contributed by atoms with Crippen molar-refractivity contribution in [3.05, 3.63) is 53.9 Å². The average molecular weight is 295 g/mol. The zero-order valence-corrected chi connectivity index (χ0v) is 12.7. The van der Waals surface area contributed by atoms with Crippen molar-refractivity contribution in [2.24, 2.45) is 5.92 Å². The first-order valence-electron chi connectivity index (χ1n) is 8.16. The maximum atomic E-state index is 13.0. The Morgan fingerprint density at radius 1 is 1.18 bits per heavy atom. The number of aromatic nitrogens is 2. The number of fused-ring (bicyclic) bond motifs is 1. The summed E-state index contributed by atoms with van der Waals surface area (Å²) in [6.07, 6.45) is 7.78. The number of nitrogens with zero attached hydrogens (tertiary/aromatic N) is 3. The van der Waals surface area contributed by atoms with Crippen LogP contribution in [-0.2, 0) is 24.2 Å². The highest BCUT2D eigenvalue weighted by Gasteiger charge is 2.35. The van der Waals surface area contributed by atoms with Crippen LogP contribution in [0.3, 0.4) is 0 Å². The van der Waals surface area contributed by atoms with E-state index in [2.05, 4.69) is 34.3 Å². The molecule has 2 heterocycles. The van der Waals surface area contributed by atoms with Crippen LogP contribution >= 0.6 is 0 Å². The molecule has 1 amide bonds. The van der Waals surface area contributed by atoms with Gasteiger partial charge in [0.25, 0.3) is 0 Å². The second kappa shape index (κ2) is 5.59. The Bertz CT molecular complexity index is 640. The third-order valence-corrected chi connectivity index (χ3v) is 5.02. The van der Waals surface area contributed by atoms with Gasteiger partial charge in [-0.25, -0.2) is 0 Å². The van der Waals surface area contributed by atoms with E-state index in [4.69, 9.17) is 0 Å². The third-order valence-electron chi connectivity index (χ3n) is 5.02. The van der Waals surface area contributed by atoms with Gasteiger partial charge in [0.05, 0.1) is 12.6 Å². The normalized spacial score (nSPS) is 21.3. The highest BCUT2D eigenvalue weighted by molar-refractivity contribution is 5.81. The zero-order valence-electron chi connectivity index (χ0n) is 12.7. The van der Waals surface area contributed by atoms with Gasteiger partial charge in [-0.1, -0.05) is 24.3 Å². The summed E-state index contributed by atoms with van der Waals surface area (Å²) < 4.78 is 1.94. The molecule has 0 radical (unpaired) electrons. The van der Waals surface area contributed by atoms with Gasteiger partial charge in [0.15, 0.2) is 0 Å². The first kappa shape index (κ1) is 13.6. The van der Waals surface area contributed by atoms with Gasteiger partial charge in [0.1, 0.15) is 0 Å². The Hall–Kier alpha value is -2.10. The monoisotopic (exact) mass is 295 g/mol. The second-order valence-corrected chi connectivity index (χ2v) is 6.43. The molecule has 114 valence electrons. The van der Waals surface area contributed by atoms with E-state index in [0.717, 1.165) is 38.8 Å². The molecule has 4 heteroatoms. The van der Waals surface area contributed by atoms with Gasteiger partial charge in [0, 0.05) is 24.9 Å². The Morgan fingerprint density at radius 3 is 2.64 bits per heavy atom. The van der Waals surface area contributed by atoms with Crippen LogP contribution in [-0.4, -0.2) is 33.2 Å². The van der Waals surface area contributed by atoms with Crippen molar-refractivity contribution in [3.8, 4) is 0 Å². The summed E-state index contributed by atoms with van der Waals surface area (Å²) in [4.78, 5) is 15.1. The maximum absolute atomic E-state index is 13.0. The fourth-order valence-electron chi connectivity index (χ4n) is 3.91. The molecule has 1 atom stereocenters. The second-order valence-electron chi connectivity index (χ2n) is 6.43. The molecule has 1 aromatic carbocycles. The Balaban J connectivity index is 1.46. The third kappa shape index (κ3) is 2.43. The molecule has 22 heavy (non-hydrogen) atoms. The van der Waals surface area contributed by atoms with Crippen LogP contribution in [0.15, 0.2) is 42.7 Å². The number of benzene rings is 1. The minimum absolute atomic E-state index is 0.135. The van der Waals surface area contributed by atoms with Crippen LogP contribution in [0.1, 0.15) is 24.0 Å². The predicted octanol–water partition coefficient (Wildman–Crippen LogP) is 2.29. The molecule has 1 fully saturated rings. The van der Waals surface area contributed by atoms with Gasteiger partial charge in [-0.05, 0) is 42.9 Å². The van der Waals surface area contributed by atoms with E-state index in [1.807, 2.05) is 16.9 Å². The molecule has 0 N–H and O–H groups in total. The van der Waals surface area contributed by atoms with E-state index in [9.17, 15) is 4.79 Å². The van der Waals surface area contributed by atoms with E-state index in [1.165, 1.54) is 11.1 Å². The average Bonchev–Trinajstić information content (AvgIpc) is 3.27. The fraction of sp³-hybridized carbons (Fsp3) is 0.444. The minimum atomic E-state index is 0.135. The largest absolute Gasteiger partial charge is 0.338 e. The van der Waals surface area contributed by atoms with Crippen LogP contribution in [0.5, 0.6) is 0 Å². The molecule has 2 aliphatic rings. The van der Waals surface area contributed by atoms with Crippen molar-refractivity contribution in [1.82, 2.24) is 14.7 Å². The van der Waals surface area contributed by atoms with Crippen molar-refractivity contribution in [1.29, 1.82) is 0 Å². The maximum Gasteiger partial charge on any atom is 0.226 e. The fourth-order valence-corrected chi connectivity index (χ4v) is 3.91. The molecule has 4 rings (SSSR count). The van der Waals surface area contributed by atoms with Gasteiger partial charge >= 0.3 is 0 Å². The quantitative estimate of drug-likeness (QED) is 0.871. The molecule has 2 aromatic rings. The number of hydrogen-bond acceptors (Lipinski definition) is 2. The lowest BCUT2D eigenvalue weighted by molar-refractivity contribution is -0.136. The number of carbonyl (C=O) groups excluding carboxylic acids is 1. The standard InChI is InChI=1S/C18H21N3O/c22-18(16-11-14-5-1-2-6-15(14)12-16)21-10-3-7-17(21)13-20-9-4-8-19-20/h1-2,4-6,8-9,16-17H,3,7,10-13H2/t17-/m0/s1. The molecule has 0 bridgehead atoms. The van der Waals surface area contributed by atoms with Gasteiger partial charge < -0.3 is 4.90 Å². The number of carbonyl (C=O) groups is 1.